The molecular weight excluding hydrogens is 268 g/mol. The molecule has 0 spiro atoms. The predicted molar refractivity (Wildman–Crippen MR) is 82.0 cm³/mol. The molecule has 1 atom stereocenters. The fourth-order valence-corrected chi connectivity index (χ4v) is 1.75. The van der Waals surface area contributed by atoms with Crippen LogP contribution in [0, 0.1) is 5.92 Å². The summed E-state index contributed by atoms with van der Waals surface area (Å²) in [7, 11) is 0. The van der Waals surface area contributed by atoms with Crippen molar-refractivity contribution < 1.29 is 19.7 Å². The number of carbonyl (C=O) groups excluding carboxylic acids is 1. The third-order valence-corrected chi connectivity index (χ3v) is 3.55. The molecule has 2 N–H and O–H groups in total. The van der Waals surface area contributed by atoms with Gasteiger partial charge in [0.05, 0.1) is 17.1 Å². The smallest absolute Gasteiger partial charge is 0.314 e. The van der Waals surface area contributed by atoms with E-state index < -0.39 is 11.2 Å². The lowest BCUT2D eigenvalue weighted by Gasteiger charge is -2.24. The van der Waals surface area contributed by atoms with Crippen molar-refractivity contribution in [2.24, 2.45) is 5.92 Å². The summed E-state index contributed by atoms with van der Waals surface area (Å²) in [6.07, 6.45) is 0.697. The summed E-state index contributed by atoms with van der Waals surface area (Å²) in [5.74, 6) is -0.162. The van der Waals surface area contributed by atoms with Crippen LogP contribution in [0.15, 0.2) is 18.2 Å². The van der Waals surface area contributed by atoms with Crippen LogP contribution in [-0.4, -0.2) is 16.2 Å². The minimum atomic E-state index is -1.08. The highest BCUT2D eigenvalue weighted by Crippen LogP contribution is 2.31. The highest BCUT2D eigenvalue weighted by Gasteiger charge is 2.24. The van der Waals surface area contributed by atoms with Gasteiger partial charge in [0.25, 0.3) is 0 Å². The molecule has 0 aliphatic rings. The highest BCUT2D eigenvalue weighted by molar-refractivity contribution is 5.74. The van der Waals surface area contributed by atoms with Crippen molar-refractivity contribution in [3.8, 4) is 5.75 Å². The molecule has 0 aromatic heterocycles. The zero-order chi connectivity index (χ0) is 16.4. The molecule has 0 fully saturated rings. The van der Waals surface area contributed by atoms with Crippen molar-refractivity contribution in [3.63, 3.8) is 0 Å². The highest BCUT2D eigenvalue weighted by atomic mass is 16.5. The number of esters is 1. The minimum absolute atomic E-state index is 0.193. The molecule has 1 aromatic carbocycles. The Balaban J connectivity index is 3.23. The molecule has 1 rings (SSSR count). The minimum Gasteiger partial charge on any atom is -0.426 e. The first-order valence-electron chi connectivity index (χ1n) is 7.27. The van der Waals surface area contributed by atoms with Gasteiger partial charge in [-0.15, -0.1) is 0 Å². The van der Waals surface area contributed by atoms with Crippen LogP contribution in [-0.2, 0) is 16.0 Å². The summed E-state index contributed by atoms with van der Waals surface area (Å²) in [5.41, 5.74) is -0.986. The third kappa shape index (κ3) is 4.83. The molecule has 21 heavy (non-hydrogen) atoms. The van der Waals surface area contributed by atoms with E-state index in [1.165, 1.54) is 0 Å². The van der Waals surface area contributed by atoms with Gasteiger partial charge in [0.2, 0.25) is 0 Å². The van der Waals surface area contributed by atoms with E-state index in [-0.39, 0.29) is 11.9 Å². The summed E-state index contributed by atoms with van der Waals surface area (Å²) in [5, 5.41) is 20.3. The molecule has 0 radical (unpaired) electrons. The molecule has 0 amide bonds. The lowest BCUT2D eigenvalue weighted by Crippen LogP contribution is -2.22. The van der Waals surface area contributed by atoms with Crippen LogP contribution in [0.2, 0.25) is 0 Å². The van der Waals surface area contributed by atoms with E-state index in [1.54, 1.807) is 52.8 Å². The molecule has 0 bridgehead atoms. The van der Waals surface area contributed by atoms with Crippen LogP contribution >= 0.6 is 0 Å². The number of benzene rings is 1. The lowest BCUT2D eigenvalue weighted by molar-refractivity contribution is -0.138. The predicted octanol–water partition coefficient (Wildman–Crippen LogP) is 3.09. The average molecular weight is 294 g/mol. The molecule has 0 saturated heterocycles. The number of hydrogen-bond donors (Lipinski definition) is 2. The molecule has 0 saturated carbocycles. The SMILES string of the molecule is CCC(C)C(=O)Oc1cc(C(C)(C)O)cc(C(C)(C)O)c1. The van der Waals surface area contributed by atoms with Crippen LogP contribution in [0.4, 0.5) is 0 Å². The maximum Gasteiger partial charge on any atom is 0.314 e. The van der Waals surface area contributed by atoms with Gasteiger partial charge in [0.1, 0.15) is 5.75 Å². The van der Waals surface area contributed by atoms with Gasteiger partial charge in [-0.2, -0.15) is 0 Å². The van der Waals surface area contributed by atoms with Crippen molar-refractivity contribution in [1.29, 1.82) is 0 Å². The Bertz CT molecular complexity index is 474. The zero-order valence-electron chi connectivity index (χ0n) is 13.7. The van der Waals surface area contributed by atoms with E-state index in [2.05, 4.69) is 0 Å². The fourth-order valence-electron chi connectivity index (χ4n) is 1.75. The first-order valence-corrected chi connectivity index (χ1v) is 7.27. The summed E-state index contributed by atoms with van der Waals surface area (Å²) < 4.78 is 5.38. The second-order valence-electron chi connectivity index (χ2n) is 6.59. The Kier molecular flexibility index (Phi) is 5.18. The van der Waals surface area contributed by atoms with Gasteiger partial charge >= 0.3 is 5.97 Å². The monoisotopic (exact) mass is 294 g/mol. The standard InChI is InChI=1S/C17H26O4/c1-7-11(2)15(18)21-14-9-12(16(3,4)19)8-13(10-14)17(5,6)20/h8-11,19-20H,7H2,1-6H3. The van der Waals surface area contributed by atoms with Gasteiger partial charge in [-0.25, -0.2) is 0 Å². The Hall–Kier alpha value is -1.39. The van der Waals surface area contributed by atoms with Crippen LogP contribution in [0.3, 0.4) is 0 Å². The summed E-state index contributed by atoms with van der Waals surface area (Å²) in [6, 6.07) is 4.99. The van der Waals surface area contributed by atoms with Gasteiger partial charge in [0, 0.05) is 0 Å². The molecular formula is C17H26O4. The van der Waals surface area contributed by atoms with Crippen molar-refractivity contribution >= 4 is 5.97 Å². The van der Waals surface area contributed by atoms with Crippen LogP contribution in [0.25, 0.3) is 0 Å². The van der Waals surface area contributed by atoms with Crippen molar-refractivity contribution in [1.82, 2.24) is 0 Å². The number of carbonyl (C=O) groups is 1. The zero-order valence-corrected chi connectivity index (χ0v) is 13.7. The molecule has 1 aromatic rings. The van der Waals surface area contributed by atoms with Gasteiger partial charge in [-0.3, -0.25) is 4.79 Å². The van der Waals surface area contributed by atoms with Crippen LogP contribution < -0.4 is 4.74 Å². The van der Waals surface area contributed by atoms with E-state index in [0.29, 0.717) is 23.3 Å². The lowest BCUT2D eigenvalue weighted by atomic mass is 9.90. The van der Waals surface area contributed by atoms with Crippen molar-refractivity contribution in [2.75, 3.05) is 0 Å². The molecule has 4 heteroatoms. The second-order valence-corrected chi connectivity index (χ2v) is 6.59. The summed E-state index contributed by atoms with van der Waals surface area (Å²) in [6.45, 7) is 10.3. The maximum atomic E-state index is 11.9. The third-order valence-electron chi connectivity index (χ3n) is 3.55. The maximum absolute atomic E-state index is 11.9. The number of ether oxygens (including phenoxy) is 1. The number of aliphatic hydroxyl groups is 2. The van der Waals surface area contributed by atoms with Crippen LogP contribution in [0.1, 0.15) is 59.1 Å². The van der Waals surface area contributed by atoms with E-state index in [9.17, 15) is 15.0 Å². The summed E-state index contributed by atoms with van der Waals surface area (Å²) >= 11 is 0. The van der Waals surface area contributed by atoms with Crippen molar-refractivity contribution in [3.05, 3.63) is 29.3 Å². The number of rotatable bonds is 5. The van der Waals surface area contributed by atoms with Gasteiger partial charge in [-0.05, 0) is 63.4 Å². The fraction of sp³-hybridized carbons (Fsp3) is 0.588. The van der Waals surface area contributed by atoms with Gasteiger partial charge in [-0.1, -0.05) is 13.8 Å². The quantitative estimate of drug-likeness (QED) is 0.647. The second kappa shape index (κ2) is 6.16. The van der Waals surface area contributed by atoms with Gasteiger partial charge < -0.3 is 14.9 Å². The normalized spacial score (nSPS) is 13.9. The summed E-state index contributed by atoms with van der Waals surface area (Å²) in [4.78, 5) is 11.9. The Labute approximate surface area is 126 Å². The molecule has 0 heterocycles. The molecule has 1 unspecified atom stereocenters. The molecule has 4 nitrogen and oxygen atoms in total. The molecule has 118 valence electrons. The topological polar surface area (TPSA) is 66.8 Å². The average Bonchev–Trinajstić information content (AvgIpc) is 2.35. The van der Waals surface area contributed by atoms with E-state index >= 15 is 0 Å². The Morgan fingerprint density at radius 2 is 1.52 bits per heavy atom. The first-order chi connectivity index (χ1) is 9.45. The van der Waals surface area contributed by atoms with Crippen molar-refractivity contribution in [2.45, 2.75) is 59.2 Å². The van der Waals surface area contributed by atoms with E-state index in [0.717, 1.165) is 0 Å². The first kappa shape index (κ1) is 17.7. The number of hydrogen-bond acceptors (Lipinski definition) is 4. The molecule has 0 aliphatic heterocycles. The van der Waals surface area contributed by atoms with Gasteiger partial charge in [0.15, 0.2) is 0 Å². The largest absolute Gasteiger partial charge is 0.426 e. The molecule has 0 aliphatic carbocycles. The van der Waals surface area contributed by atoms with E-state index in [1.807, 2.05) is 6.92 Å². The van der Waals surface area contributed by atoms with E-state index in [4.69, 9.17) is 4.74 Å². The Morgan fingerprint density at radius 3 is 1.86 bits per heavy atom. The Morgan fingerprint density at radius 1 is 1.10 bits per heavy atom. The van der Waals surface area contributed by atoms with Crippen LogP contribution in [0.5, 0.6) is 5.75 Å².